The van der Waals surface area contributed by atoms with E-state index < -0.39 is 0 Å². The topological polar surface area (TPSA) is 56.8 Å². The molecule has 5 nitrogen and oxygen atoms in total. The van der Waals surface area contributed by atoms with Gasteiger partial charge in [0.25, 0.3) is 0 Å². The van der Waals surface area contributed by atoms with Gasteiger partial charge < -0.3 is 19.5 Å². The molecule has 27 heavy (non-hydrogen) atoms. The summed E-state index contributed by atoms with van der Waals surface area (Å²) in [6.45, 7) is 15.5. The molecule has 2 aliphatic heterocycles. The lowest BCUT2D eigenvalue weighted by Crippen LogP contribution is -2.37. The van der Waals surface area contributed by atoms with E-state index in [1.165, 1.54) is 25.7 Å². The number of methoxy groups -OCH3 is 1. The fourth-order valence-corrected chi connectivity index (χ4v) is 3.08. The molecular formula is C22H45NO4. The zero-order valence-electron chi connectivity index (χ0n) is 18.9. The first kappa shape index (κ1) is 26.4. The molecular weight excluding hydrogens is 342 g/mol. The standard InChI is InChI=1S/C9H17NO2.C9H18O.C4H10O/c1-9(2)4-3-8(12-6-9)5-10-7-11;1-4-9-6-5-7(2)8(3)10-9;1-3-4-5-2/h7-8H,3-6H2,1-2H3,(H,10,11);7-9H,4-6H2,1-3H3;3-4H2,1-2H3/t;7-,8-,9?;/m.1./s1. The highest BCUT2D eigenvalue weighted by atomic mass is 16.5. The molecule has 2 saturated heterocycles. The summed E-state index contributed by atoms with van der Waals surface area (Å²) >= 11 is 0. The lowest BCUT2D eigenvalue weighted by Gasteiger charge is -2.34. The summed E-state index contributed by atoms with van der Waals surface area (Å²) < 4.78 is 16.0. The molecule has 2 unspecified atom stereocenters. The second kappa shape index (κ2) is 15.3. The van der Waals surface area contributed by atoms with Crippen LogP contribution in [-0.2, 0) is 19.0 Å². The Morgan fingerprint density at radius 1 is 1.15 bits per heavy atom. The molecule has 0 aromatic carbocycles. The Hall–Kier alpha value is -0.650. The first-order chi connectivity index (χ1) is 12.8. The van der Waals surface area contributed by atoms with Crippen molar-refractivity contribution < 1.29 is 19.0 Å². The van der Waals surface area contributed by atoms with E-state index in [2.05, 4.69) is 46.9 Å². The van der Waals surface area contributed by atoms with E-state index in [0.29, 0.717) is 24.2 Å². The maximum Gasteiger partial charge on any atom is 0.207 e. The molecule has 2 fully saturated rings. The van der Waals surface area contributed by atoms with E-state index in [-0.39, 0.29) is 6.10 Å². The van der Waals surface area contributed by atoms with Crippen molar-refractivity contribution in [1.82, 2.24) is 5.32 Å². The molecule has 0 bridgehead atoms. The van der Waals surface area contributed by atoms with Crippen LogP contribution in [-0.4, -0.2) is 51.6 Å². The molecule has 0 aliphatic carbocycles. The molecule has 0 aromatic heterocycles. The molecule has 1 N–H and O–H groups in total. The monoisotopic (exact) mass is 387 g/mol. The quantitative estimate of drug-likeness (QED) is 0.678. The lowest BCUT2D eigenvalue weighted by molar-refractivity contribution is -0.111. The summed E-state index contributed by atoms with van der Waals surface area (Å²) in [5, 5.41) is 2.64. The molecule has 162 valence electrons. The molecule has 4 atom stereocenters. The van der Waals surface area contributed by atoms with Crippen molar-refractivity contribution in [2.75, 3.05) is 26.9 Å². The van der Waals surface area contributed by atoms with Crippen LogP contribution in [0.25, 0.3) is 0 Å². The van der Waals surface area contributed by atoms with Crippen molar-refractivity contribution in [1.29, 1.82) is 0 Å². The van der Waals surface area contributed by atoms with Crippen LogP contribution in [0, 0.1) is 11.3 Å². The molecule has 0 aromatic rings. The summed E-state index contributed by atoms with van der Waals surface area (Å²) in [7, 11) is 1.71. The van der Waals surface area contributed by atoms with Gasteiger partial charge >= 0.3 is 0 Å². The fraction of sp³-hybridized carbons (Fsp3) is 0.955. The van der Waals surface area contributed by atoms with Gasteiger partial charge in [-0.05, 0) is 56.8 Å². The van der Waals surface area contributed by atoms with Gasteiger partial charge in [0.15, 0.2) is 0 Å². The van der Waals surface area contributed by atoms with Crippen molar-refractivity contribution >= 4 is 6.41 Å². The summed E-state index contributed by atoms with van der Waals surface area (Å²) in [5.74, 6) is 0.766. The first-order valence-corrected chi connectivity index (χ1v) is 10.7. The van der Waals surface area contributed by atoms with E-state index >= 15 is 0 Å². The van der Waals surface area contributed by atoms with Gasteiger partial charge in [-0.3, -0.25) is 4.79 Å². The number of carbonyl (C=O) groups excluding carboxylic acids is 1. The number of ether oxygens (including phenoxy) is 3. The van der Waals surface area contributed by atoms with Gasteiger partial charge in [0.05, 0.1) is 24.9 Å². The fourth-order valence-electron chi connectivity index (χ4n) is 3.08. The number of carbonyl (C=O) groups is 1. The second-order valence-corrected chi connectivity index (χ2v) is 8.58. The predicted octanol–water partition coefficient (Wildman–Crippen LogP) is 4.58. The van der Waals surface area contributed by atoms with Gasteiger partial charge in [-0.2, -0.15) is 0 Å². The number of amides is 1. The molecule has 2 aliphatic rings. The average molecular weight is 388 g/mol. The lowest BCUT2D eigenvalue weighted by atomic mass is 9.85. The van der Waals surface area contributed by atoms with Crippen molar-refractivity contribution in [2.45, 2.75) is 98.4 Å². The Labute approximate surface area is 167 Å². The average Bonchev–Trinajstić information content (AvgIpc) is 2.65. The third-order valence-corrected chi connectivity index (χ3v) is 5.30. The van der Waals surface area contributed by atoms with Gasteiger partial charge in [-0.25, -0.2) is 0 Å². The zero-order valence-corrected chi connectivity index (χ0v) is 18.9. The van der Waals surface area contributed by atoms with Crippen molar-refractivity contribution in [3.63, 3.8) is 0 Å². The SMILES string of the molecule is CC1(C)CCC(CNC=O)OC1.CCC1CC[C@@H](C)[C@@H](C)O1.CCCOC. The third-order valence-electron chi connectivity index (χ3n) is 5.30. The summed E-state index contributed by atoms with van der Waals surface area (Å²) in [6.07, 6.45) is 9.12. The minimum Gasteiger partial charge on any atom is -0.385 e. The van der Waals surface area contributed by atoms with Gasteiger partial charge in [-0.15, -0.1) is 0 Å². The van der Waals surface area contributed by atoms with Crippen LogP contribution >= 0.6 is 0 Å². The normalized spacial score (nSPS) is 29.4. The Bertz CT molecular complexity index is 350. The minimum atomic E-state index is 0.225. The highest BCUT2D eigenvalue weighted by Gasteiger charge is 2.27. The number of rotatable bonds is 6. The van der Waals surface area contributed by atoms with Crippen LogP contribution in [0.15, 0.2) is 0 Å². The van der Waals surface area contributed by atoms with Gasteiger partial charge in [0.2, 0.25) is 6.41 Å². The maximum absolute atomic E-state index is 10.0. The highest BCUT2D eigenvalue weighted by Crippen LogP contribution is 2.29. The molecule has 0 saturated carbocycles. The third kappa shape index (κ3) is 13.2. The highest BCUT2D eigenvalue weighted by molar-refractivity contribution is 5.45. The maximum atomic E-state index is 10.0. The van der Waals surface area contributed by atoms with E-state index in [1.54, 1.807) is 7.11 Å². The van der Waals surface area contributed by atoms with Crippen LogP contribution in [0.5, 0.6) is 0 Å². The first-order valence-electron chi connectivity index (χ1n) is 10.7. The molecule has 1 amide bonds. The Balaban J connectivity index is 0.000000408. The van der Waals surface area contributed by atoms with E-state index in [1.807, 2.05) is 0 Å². The zero-order chi connectivity index (χ0) is 20.7. The predicted molar refractivity (Wildman–Crippen MR) is 112 cm³/mol. The minimum absolute atomic E-state index is 0.225. The Kier molecular flexibility index (Phi) is 14.9. The Morgan fingerprint density at radius 3 is 2.26 bits per heavy atom. The van der Waals surface area contributed by atoms with Crippen LogP contribution in [0.4, 0.5) is 0 Å². The molecule has 2 rings (SSSR count). The van der Waals surface area contributed by atoms with E-state index in [9.17, 15) is 4.79 Å². The Morgan fingerprint density at radius 2 is 1.85 bits per heavy atom. The van der Waals surface area contributed by atoms with E-state index in [4.69, 9.17) is 14.2 Å². The summed E-state index contributed by atoms with van der Waals surface area (Å²) in [5.41, 5.74) is 0.317. The van der Waals surface area contributed by atoms with Crippen LogP contribution < -0.4 is 5.32 Å². The van der Waals surface area contributed by atoms with Crippen molar-refractivity contribution in [2.24, 2.45) is 11.3 Å². The molecule has 2 heterocycles. The van der Waals surface area contributed by atoms with Gasteiger partial charge in [-0.1, -0.05) is 34.6 Å². The molecule has 5 heteroatoms. The summed E-state index contributed by atoms with van der Waals surface area (Å²) in [4.78, 5) is 10.0. The van der Waals surface area contributed by atoms with Gasteiger partial charge in [0, 0.05) is 20.3 Å². The van der Waals surface area contributed by atoms with Crippen LogP contribution in [0.2, 0.25) is 0 Å². The van der Waals surface area contributed by atoms with Crippen molar-refractivity contribution in [3.8, 4) is 0 Å². The smallest absolute Gasteiger partial charge is 0.207 e. The molecule has 0 spiro atoms. The van der Waals surface area contributed by atoms with Crippen molar-refractivity contribution in [3.05, 3.63) is 0 Å². The van der Waals surface area contributed by atoms with E-state index in [0.717, 1.165) is 38.4 Å². The largest absolute Gasteiger partial charge is 0.385 e. The molecule has 0 radical (unpaired) electrons. The van der Waals surface area contributed by atoms with Crippen LogP contribution in [0.1, 0.15) is 80.1 Å². The number of nitrogens with one attached hydrogen (secondary N) is 1. The van der Waals surface area contributed by atoms with Crippen LogP contribution in [0.3, 0.4) is 0 Å². The number of hydrogen-bond donors (Lipinski definition) is 1. The second-order valence-electron chi connectivity index (χ2n) is 8.58. The van der Waals surface area contributed by atoms with Gasteiger partial charge in [0.1, 0.15) is 0 Å². The number of hydrogen-bond acceptors (Lipinski definition) is 4. The summed E-state index contributed by atoms with van der Waals surface area (Å²) in [6, 6.07) is 0.